The van der Waals surface area contributed by atoms with Gasteiger partial charge in [0.05, 0.1) is 0 Å². The van der Waals surface area contributed by atoms with Gasteiger partial charge in [-0.1, -0.05) is 334 Å². The van der Waals surface area contributed by atoms with Gasteiger partial charge in [0.15, 0.2) is 0 Å². The van der Waals surface area contributed by atoms with E-state index in [4.69, 9.17) is 0 Å². The van der Waals surface area contributed by atoms with Crippen LogP contribution in [0.5, 0.6) is 0 Å². The average Bonchev–Trinajstić information content (AvgIpc) is 3.36. The minimum atomic E-state index is 0. The van der Waals surface area contributed by atoms with Crippen LogP contribution in [0.4, 0.5) is 0 Å². The molecule has 0 saturated carbocycles. The Bertz CT molecular complexity index is 1030. The highest BCUT2D eigenvalue weighted by Gasteiger charge is 2.23. The van der Waals surface area contributed by atoms with Gasteiger partial charge in [0.25, 0.3) is 0 Å². The second kappa shape index (κ2) is 56.9. The lowest BCUT2D eigenvalue weighted by Gasteiger charge is -2.36. The maximum atomic E-state index is 2.94. The molecule has 0 spiro atoms. The molecule has 0 heterocycles. The molecule has 2 nitrogen and oxygen atoms in total. The minimum absolute atomic E-state index is 0. The fourth-order valence-electron chi connectivity index (χ4n) is 11.8. The first-order valence-corrected chi connectivity index (χ1v) is 33.0. The number of hydrogen-bond donors (Lipinski definition) is 0. The molecule has 0 radical (unpaired) electrons. The van der Waals surface area contributed by atoms with Crippen LogP contribution in [0.15, 0.2) is 24.3 Å². The smallest absolute Gasteiger partial charge is 0.0239 e. The van der Waals surface area contributed by atoms with E-state index in [1.54, 1.807) is 11.1 Å². The molecule has 0 saturated heterocycles. The third-order valence-corrected chi connectivity index (χ3v) is 16.9. The lowest BCUT2D eigenvalue weighted by molar-refractivity contribution is 0.124. The monoisotopic (exact) mass is 1050 g/mol. The summed E-state index contributed by atoms with van der Waals surface area (Å²) in [6.45, 7) is 21.8. The summed E-state index contributed by atoms with van der Waals surface area (Å²) in [6, 6.07) is 12.5. The zero-order chi connectivity index (χ0) is 50.8. The number of halogens is 2. The van der Waals surface area contributed by atoms with Gasteiger partial charge in [0, 0.05) is 37.3 Å². The van der Waals surface area contributed by atoms with Crippen LogP contribution in [0.3, 0.4) is 0 Å². The average molecular weight is 1050 g/mol. The topological polar surface area (TPSA) is 6.48 Å². The van der Waals surface area contributed by atoms with Gasteiger partial charge in [-0.2, -0.15) is 0 Å². The predicted molar refractivity (Wildman–Crippen MR) is 334 cm³/mol. The van der Waals surface area contributed by atoms with Gasteiger partial charge in [0.1, 0.15) is 0 Å². The molecule has 4 atom stereocenters. The Hall–Kier alpha value is -0.280. The second-order valence-corrected chi connectivity index (χ2v) is 23.9. The SMILES string of the molecule is CCCCCCCCCCCCCC(C)N(Cc1cccc(CN(C(C)CCCCCCCCCCCCC)C(C)CCCCCCCCCCCCC)c1)C(C)CCCCCCCCCCCCC.Cl.Cl. The van der Waals surface area contributed by atoms with E-state index < -0.39 is 0 Å². The Balaban J connectivity index is 0. The van der Waals surface area contributed by atoms with Gasteiger partial charge < -0.3 is 0 Å². The molecule has 4 heteroatoms. The summed E-state index contributed by atoms with van der Waals surface area (Å²) in [5, 5.41) is 0. The molecular formula is C68H134Cl2N2. The number of hydrogen-bond acceptors (Lipinski definition) is 2. The van der Waals surface area contributed by atoms with E-state index >= 15 is 0 Å². The van der Waals surface area contributed by atoms with E-state index in [0.29, 0.717) is 24.2 Å². The van der Waals surface area contributed by atoms with Crippen LogP contribution in [-0.4, -0.2) is 34.0 Å². The fraction of sp³-hybridized carbons (Fsp3) is 0.912. The third-order valence-electron chi connectivity index (χ3n) is 16.9. The van der Waals surface area contributed by atoms with E-state index in [0.717, 1.165) is 13.1 Å². The van der Waals surface area contributed by atoms with E-state index in [-0.39, 0.29) is 24.8 Å². The molecule has 4 unspecified atom stereocenters. The fourth-order valence-corrected chi connectivity index (χ4v) is 11.8. The molecule has 1 aromatic rings. The predicted octanol–water partition coefficient (Wildman–Crippen LogP) is 24.5. The number of nitrogens with zero attached hydrogens (tertiary/aromatic N) is 2. The zero-order valence-electron chi connectivity index (χ0n) is 50.7. The quantitative estimate of drug-likeness (QED) is 0.0600. The maximum Gasteiger partial charge on any atom is 0.0239 e. The Kier molecular flexibility index (Phi) is 58.3. The Labute approximate surface area is 468 Å². The highest BCUT2D eigenvalue weighted by molar-refractivity contribution is 5.85. The number of rotatable bonds is 56. The van der Waals surface area contributed by atoms with Crippen LogP contribution in [-0.2, 0) is 13.1 Å². The van der Waals surface area contributed by atoms with Crippen molar-refractivity contribution in [2.24, 2.45) is 0 Å². The molecule has 0 N–H and O–H groups in total. The van der Waals surface area contributed by atoms with E-state index in [1.165, 1.54) is 308 Å². The molecule has 0 amide bonds. The third kappa shape index (κ3) is 44.8. The maximum absolute atomic E-state index is 2.94. The lowest BCUT2D eigenvalue weighted by Crippen LogP contribution is -2.40. The summed E-state index contributed by atoms with van der Waals surface area (Å²) in [6.07, 6.45) is 68.4. The first-order chi connectivity index (χ1) is 34.4. The molecular weight excluding hydrogens is 916 g/mol. The van der Waals surface area contributed by atoms with Gasteiger partial charge >= 0.3 is 0 Å². The van der Waals surface area contributed by atoms with Crippen LogP contribution in [0.1, 0.15) is 375 Å². The Morgan fingerprint density at radius 1 is 0.264 bits per heavy atom. The first-order valence-electron chi connectivity index (χ1n) is 33.0. The second-order valence-electron chi connectivity index (χ2n) is 23.9. The van der Waals surface area contributed by atoms with Crippen molar-refractivity contribution in [3.63, 3.8) is 0 Å². The van der Waals surface area contributed by atoms with Crippen molar-refractivity contribution in [1.29, 1.82) is 0 Å². The number of benzene rings is 1. The largest absolute Gasteiger partial charge is 0.294 e. The molecule has 0 fully saturated rings. The molecule has 0 aliphatic rings. The molecule has 72 heavy (non-hydrogen) atoms. The van der Waals surface area contributed by atoms with Crippen LogP contribution in [0, 0.1) is 0 Å². The summed E-state index contributed by atoms with van der Waals surface area (Å²) in [4.78, 5) is 5.88. The molecule has 0 aliphatic carbocycles. The molecule has 0 bridgehead atoms. The van der Waals surface area contributed by atoms with Gasteiger partial charge in [0.2, 0.25) is 0 Å². The van der Waals surface area contributed by atoms with Crippen LogP contribution in [0.2, 0.25) is 0 Å². The van der Waals surface area contributed by atoms with Gasteiger partial charge in [-0.05, 0) is 64.5 Å². The zero-order valence-corrected chi connectivity index (χ0v) is 52.3. The van der Waals surface area contributed by atoms with Crippen LogP contribution in [0.25, 0.3) is 0 Å². The molecule has 430 valence electrons. The molecule has 0 aromatic heterocycles. The van der Waals surface area contributed by atoms with Crippen molar-refractivity contribution in [3.8, 4) is 0 Å². The van der Waals surface area contributed by atoms with Crippen molar-refractivity contribution >= 4 is 24.8 Å². The highest BCUT2D eigenvalue weighted by atomic mass is 35.5. The van der Waals surface area contributed by atoms with Crippen LogP contribution >= 0.6 is 24.8 Å². The van der Waals surface area contributed by atoms with Crippen molar-refractivity contribution in [2.45, 2.75) is 401 Å². The van der Waals surface area contributed by atoms with Crippen LogP contribution < -0.4 is 0 Å². The Morgan fingerprint density at radius 2 is 0.431 bits per heavy atom. The van der Waals surface area contributed by atoms with Crippen molar-refractivity contribution in [2.75, 3.05) is 0 Å². The minimum Gasteiger partial charge on any atom is -0.294 e. The standard InChI is InChI=1S/C68H132N2.2ClH/c1-9-13-17-21-25-29-33-37-41-45-49-54-63(5)69(64(6)55-50-46-42-38-34-30-26-22-18-14-10-2)61-67-58-53-59-68(60-67)62-70(65(7)56-51-47-43-39-35-31-27-23-19-15-11-3)66(8)57-52-48-44-40-36-32-28-24-20-16-12-4;;/h53,58-60,63-66H,9-52,54-57,61-62H2,1-8H3;2*1H. The lowest BCUT2D eigenvalue weighted by atomic mass is 9.99. The Morgan fingerprint density at radius 3 is 0.611 bits per heavy atom. The summed E-state index contributed by atoms with van der Waals surface area (Å²) in [5.74, 6) is 0. The van der Waals surface area contributed by atoms with E-state index in [2.05, 4.69) is 89.5 Å². The van der Waals surface area contributed by atoms with E-state index in [9.17, 15) is 0 Å². The van der Waals surface area contributed by atoms with Gasteiger partial charge in [-0.3, -0.25) is 9.80 Å². The normalized spacial score (nSPS) is 13.4. The summed E-state index contributed by atoms with van der Waals surface area (Å²) < 4.78 is 0. The van der Waals surface area contributed by atoms with Crippen molar-refractivity contribution in [3.05, 3.63) is 35.4 Å². The molecule has 1 rings (SSSR count). The molecule has 1 aromatic carbocycles. The van der Waals surface area contributed by atoms with Gasteiger partial charge in [-0.25, -0.2) is 0 Å². The highest BCUT2D eigenvalue weighted by Crippen LogP contribution is 2.26. The first kappa shape index (κ1) is 73.8. The van der Waals surface area contributed by atoms with Crippen molar-refractivity contribution in [1.82, 2.24) is 9.80 Å². The van der Waals surface area contributed by atoms with Crippen molar-refractivity contribution < 1.29 is 0 Å². The number of unbranched alkanes of at least 4 members (excludes halogenated alkanes) is 40. The summed E-state index contributed by atoms with van der Waals surface area (Å²) >= 11 is 0. The summed E-state index contributed by atoms with van der Waals surface area (Å²) in [7, 11) is 0. The summed E-state index contributed by atoms with van der Waals surface area (Å²) in [5.41, 5.74) is 3.09. The van der Waals surface area contributed by atoms with E-state index in [1.807, 2.05) is 0 Å². The molecule has 0 aliphatic heterocycles. The van der Waals surface area contributed by atoms with Gasteiger partial charge in [-0.15, -0.1) is 24.8 Å².